The van der Waals surface area contributed by atoms with Gasteiger partial charge in [0.1, 0.15) is 11.3 Å². The molecule has 15 heavy (non-hydrogen) atoms. The molecule has 0 unspecified atom stereocenters. The van der Waals surface area contributed by atoms with Gasteiger partial charge in [-0.3, -0.25) is 0 Å². The Morgan fingerprint density at radius 1 is 1.47 bits per heavy atom. The van der Waals surface area contributed by atoms with Gasteiger partial charge in [0.15, 0.2) is 5.65 Å². The average molecular weight is 204 g/mol. The first-order chi connectivity index (χ1) is 7.13. The van der Waals surface area contributed by atoms with Crippen molar-refractivity contribution in [1.29, 1.82) is 0 Å². The molecule has 2 aromatic heterocycles. The molecular weight excluding hydrogens is 188 g/mol. The zero-order valence-electron chi connectivity index (χ0n) is 9.36. The molecular formula is C11H16N4. The predicted octanol–water partition coefficient (Wildman–Crippen LogP) is 1.78. The molecule has 0 atom stereocenters. The normalized spacial score (nSPS) is 11.5. The zero-order valence-corrected chi connectivity index (χ0v) is 9.36. The van der Waals surface area contributed by atoms with E-state index in [4.69, 9.17) is 5.73 Å². The maximum atomic E-state index is 5.57. The minimum Gasteiger partial charge on any atom is -0.326 e. The van der Waals surface area contributed by atoms with Gasteiger partial charge in [-0.2, -0.15) is 0 Å². The fourth-order valence-electron chi connectivity index (χ4n) is 1.87. The van der Waals surface area contributed by atoms with E-state index in [0.29, 0.717) is 12.6 Å². The third-order valence-electron chi connectivity index (χ3n) is 2.52. The largest absolute Gasteiger partial charge is 0.326 e. The van der Waals surface area contributed by atoms with Crippen molar-refractivity contribution in [2.45, 2.75) is 33.4 Å². The summed E-state index contributed by atoms with van der Waals surface area (Å²) in [6.45, 7) is 6.78. The Morgan fingerprint density at radius 2 is 2.20 bits per heavy atom. The molecule has 0 radical (unpaired) electrons. The number of pyridine rings is 1. The van der Waals surface area contributed by atoms with Crippen LogP contribution in [0.5, 0.6) is 0 Å². The number of aryl methyl sites for hydroxylation is 1. The molecule has 0 amide bonds. The maximum absolute atomic E-state index is 5.57. The van der Waals surface area contributed by atoms with Crippen molar-refractivity contribution in [3.8, 4) is 0 Å². The van der Waals surface area contributed by atoms with E-state index in [-0.39, 0.29) is 0 Å². The molecule has 2 rings (SSSR count). The van der Waals surface area contributed by atoms with Gasteiger partial charge in [-0.1, -0.05) is 0 Å². The number of fused-ring (bicyclic) bond motifs is 1. The minimum absolute atomic E-state index is 0.381. The van der Waals surface area contributed by atoms with Crippen LogP contribution in [-0.2, 0) is 6.54 Å². The number of nitrogens with zero attached hydrogens (tertiary/aromatic N) is 3. The van der Waals surface area contributed by atoms with Gasteiger partial charge in [0.05, 0.1) is 0 Å². The van der Waals surface area contributed by atoms with Gasteiger partial charge in [0.25, 0.3) is 0 Å². The Labute approximate surface area is 89.1 Å². The maximum Gasteiger partial charge on any atom is 0.160 e. The fraction of sp³-hybridized carbons (Fsp3) is 0.455. The summed E-state index contributed by atoms with van der Waals surface area (Å²) in [6.07, 6.45) is 1.82. The van der Waals surface area contributed by atoms with Gasteiger partial charge < -0.3 is 10.3 Å². The van der Waals surface area contributed by atoms with Gasteiger partial charge in [0, 0.05) is 18.8 Å². The molecule has 0 aliphatic carbocycles. The Kier molecular flexibility index (Phi) is 2.44. The minimum atomic E-state index is 0.381. The summed E-state index contributed by atoms with van der Waals surface area (Å²) < 4.78 is 2.13. The molecule has 4 heteroatoms. The third-order valence-corrected chi connectivity index (χ3v) is 2.52. The lowest BCUT2D eigenvalue weighted by molar-refractivity contribution is 0.595. The van der Waals surface area contributed by atoms with Crippen LogP contribution in [-0.4, -0.2) is 14.5 Å². The predicted molar refractivity (Wildman–Crippen MR) is 60.5 cm³/mol. The lowest BCUT2D eigenvalue weighted by atomic mass is 10.3. The van der Waals surface area contributed by atoms with Crippen LogP contribution in [0.4, 0.5) is 0 Å². The Hall–Kier alpha value is -1.42. The SMILES string of the molecule is Cc1nc2cc(CN)cnc2n1C(C)C. The number of aromatic nitrogens is 3. The van der Waals surface area contributed by atoms with Crippen molar-refractivity contribution in [3.63, 3.8) is 0 Å². The monoisotopic (exact) mass is 204 g/mol. The molecule has 0 aliphatic rings. The van der Waals surface area contributed by atoms with E-state index >= 15 is 0 Å². The van der Waals surface area contributed by atoms with Crippen molar-refractivity contribution in [2.75, 3.05) is 0 Å². The molecule has 2 heterocycles. The number of hydrogen-bond donors (Lipinski definition) is 1. The molecule has 0 aliphatic heterocycles. The Balaban J connectivity index is 2.68. The van der Waals surface area contributed by atoms with Crippen LogP contribution in [0.15, 0.2) is 12.3 Å². The lowest BCUT2D eigenvalue weighted by Crippen LogP contribution is -2.04. The van der Waals surface area contributed by atoms with Crippen molar-refractivity contribution in [3.05, 3.63) is 23.7 Å². The van der Waals surface area contributed by atoms with Crippen molar-refractivity contribution < 1.29 is 0 Å². The second-order valence-electron chi connectivity index (χ2n) is 4.01. The Morgan fingerprint density at radius 3 is 2.80 bits per heavy atom. The number of rotatable bonds is 2. The summed E-state index contributed by atoms with van der Waals surface area (Å²) in [5, 5.41) is 0. The lowest BCUT2D eigenvalue weighted by Gasteiger charge is -2.09. The van der Waals surface area contributed by atoms with Gasteiger partial charge in [-0.25, -0.2) is 9.97 Å². The smallest absolute Gasteiger partial charge is 0.160 e. The molecule has 0 aromatic carbocycles. The topological polar surface area (TPSA) is 56.7 Å². The average Bonchev–Trinajstić information content (AvgIpc) is 2.52. The van der Waals surface area contributed by atoms with Gasteiger partial charge >= 0.3 is 0 Å². The van der Waals surface area contributed by atoms with E-state index in [1.165, 1.54) is 0 Å². The number of hydrogen-bond acceptors (Lipinski definition) is 3. The van der Waals surface area contributed by atoms with Crippen LogP contribution in [0.3, 0.4) is 0 Å². The third kappa shape index (κ3) is 1.61. The van der Waals surface area contributed by atoms with E-state index in [0.717, 1.165) is 22.6 Å². The van der Waals surface area contributed by atoms with Crippen LogP contribution in [0.1, 0.15) is 31.3 Å². The van der Waals surface area contributed by atoms with Crippen molar-refractivity contribution in [2.24, 2.45) is 5.73 Å². The number of imidazole rings is 1. The quantitative estimate of drug-likeness (QED) is 0.811. The van der Waals surface area contributed by atoms with Crippen LogP contribution in [0, 0.1) is 6.92 Å². The Bertz CT molecular complexity index is 485. The first-order valence-electron chi connectivity index (χ1n) is 5.17. The summed E-state index contributed by atoms with van der Waals surface area (Å²) >= 11 is 0. The van der Waals surface area contributed by atoms with Crippen LogP contribution >= 0.6 is 0 Å². The number of nitrogens with two attached hydrogens (primary N) is 1. The molecule has 80 valence electrons. The van der Waals surface area contributed by atoms with E-state index < -0.39 is 0 Å². The first-order valence-corrected chi connectivity index (χ1v) is 5.17. The highest BCUT2D eigenvalue weighted by Crippen LogP contribution is 2.19. The summed E-state index contributed by atoms with van der Waals surface area (Å²) in [6, 6.07) is 2.39. The first kappa shape index (κ1) is 10.1. The van der Waals surface area contributed by atoms with Crippen LogP contribution in [0.2, 0.25) is 0 Å². The second kappa shape index (κ2) is 3.62. The van der Waals surface area contributed by atoms with Crippen molar-refractivity contribution >= 4 is 11.2 Å². The highest BCUT2D eigenvalue weighted by atomic mass is 15.1. The summed E-state index contributed by atoms with van der Waals surface area (Å²) in [5.41, 5.74) is 8.47. The molecule has 0 spiro atoms. The highest BCUT2D eigenvalue weighted by molar-refractivity contribution is 5.72. The fourth-order valence-corrected chi connectivity index (χ4v) is 1.87. The van der Waals surface area contributed by atoms with Crippen LogP contribution in [0.25, 0.3) is 11.2 Å². The zero-order chi connectivity index (χ0) is 11.0. The van der Waals surface area contributed by atoms with Gasteiger partial charge in [-0.15, -0.1) is 0 Å². The molecule has 2 aromatic rings. The molecule has 2 N–H and O–H groups in total. The summed E-state index contributed by atoms with van der Waals surface area (Å²) in [5.74, 6) is 1.00. The molecule has 0 bridgehead atoms. The highest BCUT2D eigenvalue weighted by Gasteiger charge is 2.11. The van der Waals surface area contributed by atoms with Gasteiger partial charge in [0.2, 0.25) is 0 Å². The van der Waals surface area contributed by atoms with E-state index in [1.807, 2.05) is 19.2 Å². The summed E-state index contributed by atoms with van der Waals surface area (Å²) in [7, 11) is 0. The van der Waals surface area contributed by atoms with Crippen LogP contribution < -0.4 is 5.73 Å². The summed E-state index contributed by atoms with van der Waals surface area (Å²) in [4.78, 5) is 8.90. The van der Waals surface area contributed by atoms with Crippen molar-refractivity contribution in [1.82, 2.24) is 14.5 Å². The molecule has 0 saturated heterocycles. The standard InChI is InChI=1S/C11H16N4/c1-7(2)15-8(3)14-10-4-9(5-12)6-13-11(10)15/h4,6-7H,5,12H2,1-3H3. The molecule has 4 nitrogen and oxygen atoms in total. The molecule has 0 fully saturated rings. The second-order valence-corrected chi connectivity index (χ2v) is 4.01. The molecule has 0 saturated carbocycles. The van der Waals surface area contributed by atoms with E-state index in [2.05, 4.69) is 28.4 Å². The van der Waals surface area contributed by atoms with E-state index in [9.17, 15) is 0 Å². The van der Waals surface area contributed by atoms with Gasteiger partial charge in [-0.05, 0) is 32.4 Å². The van der Waals surface area contributed by atoms with E-state index in [1.54, 1.807) is 0 Å².